The van der Waals surface area contributed by atoms with Gasteiger partial charge in [0.05, 0.1) is 11.6 Å². The average Bonchev–Trinajstić information content (AvgIpc) is 3.37. The standard InChI is InChI=1S/C24H30N4O/c1-4-24(16-8-7-9-17(12-16)28-10-5-6-11-28)18-15-25-27-22(18)26-19-13-23(2,3)14-20(29)21(19)24/h7-9,12,15,22,26H,4-6,10-11,13-14H2,1-3H3/t22?,24-/m1/s1. The SMILES string of the molecule is CC[C@@]1(c2cccc(N3CCCC3)c2)C2=CN=NC2NC2=C1C(=O)CC(C)(C)C2. The number of anilines is 1. The van der Waals surface area contributed by atoms with E-state index in [1.54, 1.807) is 0 Å². The summed E-state index contributed by atoms with van der Waals surface area (Å²) in [7, 11) is 0. The van der Waals surface area contributed by atoms with Crippen LogP contribution in [0.25, 0.3) is 0 Å². The maximum Gasteiger partial charge on any atom is 0.164 e. The Labute approximate surface area is 173 Å². The van der Waals surface area contributed by atoms with Crippen molar-refractivity contribution in [3.05, 3.63) is 52.9 Å². The zero-order valence-electron chi connectivity index (χ0n) is 17.7. The molecule has 0 amide bonds. The molecule has 5 heteroatoms. The molecule has 1 fully saturated rings. The third-order valence-corrected chi connectivity index (χ3v) is 7.12. The lowest BCUT2D eigenvalue weighted by Crippen LogP contribution is -2.51. The lowest BCUT2D eigenvalue weighted by molar-refractivity contribution is -0.119. The summed E-state index contributed by atoms with van der Waals surface area (Å²) in [6, 6.07) is 8.87. The number of benzene rings is 1. The number of Topliss-reactive ketones (excluding diaryl/α,β-unsaturated/α-hetero) is 1. The van der Waals surface area contributed by atoms with Gasteiger partial charge in [-0.05, 0) is 48.8 Å². The Morgan fingerprint density at radius 3 is 2.76 bits per heavy atom. The molecule has 0 bridgehead atoms. The number of hydrogen-bond acceptors (Lipinski definition) is 5. The van der Waals surface area contributed by atoms with E-state index in [0.717, 1.165) is 42.8 Å². The zero-order chi connectivity index (χ0) is 20.2. The second kappa shape index (κ2) is 6.54. The molecule has 3 aliphatic heterocycles. The van der Waals surface area contributed by atoms with Gasteiger partial charge in [-0.3, -0.25) is 4.79 Å². The van der Waals surface area contributed by atoms with E-state index >= 15 is 0 Å². The van der Waals surface area contributed by atoms with Crippen LogP contribution in [-0.2, 0) is 10.2 Å². The summed E-state index contributed by atoms with van der Waals surface area (Å²) in [6.45, 7) is 8.78. The molecule has 1 aromatic carbocycles. The number of nitrogens with one attached hydrogen (secondary N) is 1. The van der Waals surface area contributed by atoms with Gasteiger partial charge in [-0.15, -0.1) is 0 Å². The summed E-state index contributed by atoms with van der Waals surface area (Å²) in [5.74, 6) is 0.267. The molecule has 4 aliphatic rings. The van der Waals surface area contributed by atoms with Gasteiger partial charge < -0.3 is 10.2 Å². The maximum absolute atomic E-state index is 13.5. The van der Waals surface area contributed by atoms with Gasteiger partial charge in [0, 0.05) is 42.0 Å². The Balaban J connectivity index is 1.70. The summed E-state index contributed by atoms with van der Waals surface area (Å²) in [5.41, 5.74) is 5.13. The largest absolute Gasteiger partial charge is 0.372 e. The number of azo groups is 1. The third-order valence-electron chi connectivity index (χ3n) is 7.12. The van der Waals surface area contributed by atoms with Gasteiger partial charge in [0.25, 0.3) is 0 Å². The predicted octanol–water partition coefficient (Wildman–Crippen LogP) is 4.86. The van der Waals surface area contributed by atoms with Gasteiger partial charge in [-0.2, -0.15) is 10.2 Å². The molecule has 0 radical (unpaired) electrons. The van der Waals surface area contributed by atoms with Crippen LogP contribution in [0.1, 0.15) is 58.4 Å². The highest BCUT2D eigenvalue weighted by molar-refractivity contribution is 6.01. The van der Waals surface area contributed by atoms with E-state index in [-0.39, 0.29) is 17.4 Å². The van der Waals surface area contributed by atoms with Crippen LogP contribution in [-0.4, -0.2) is 25.0 Å². The minimum atomic E-state index is -0.446. The molecule has 0 aromatic heterocycles. The Bertz CT molecular complexity index is 951. The van der Waals surface area contributed by atoms with E-state index in [9.17, 15) is 4.79 Å². The first-order valence-electron chi connectivity index (χ1n) is 10.9. The minimum Gasteiger partial charge on any atom is -0.372 e. The molecule has 0 saturated carbocycles. The molecule has 1 unspecified atom stereocenters. The monoisotopic (exact) mass is 390 g/mol. The molecular formula is C24H30N4O. The van der Waals surface area contributed by atoms with E-state index in [4.69, 9.17) is 0 Å². The Morgan fingerprint density at radius 2 is 2.00 bits per heavy atom. The first-order valence-corrected chi connectivity index (χ1v) is 10.9. The predicted molar refractivity (Wildman–Crippen MR) is 115 cm³/mol. The van der Waals surface area contributed by atoms with Crippen LogP contribution in [0.4, 0.5) is 5.69 Å². The van der Waals surface area contributed by atoms with Crippen molar-refractivity contribution < 1.29 is 4.79 Å². The van der Waals surface area contributed by atoms with Gasteiger partial charge in [0.2, 0.25) is 0 Å². The Morgan fingerprint density at radius 1 is 1.21 bits per heavy atom. The molecule has 1 N–H and O–H groups in total. The first-order chi connectivity index (χ1) is 13.9. The number of nitrogens with zero attached hydrogens (tertiary/aromatic N) is 3. The van der Waals surface area contributed by atoms with Crippen LogP contribution in [0, 0.1) is 5.41 Å². The molecule has 1 aromatic rings. The minimum absolute atomic E-state index is 0.0310. The maximum atomic E-state index is 13.5. The number of carbonyl (C=O) groups excluding carboxylic acids is 1. The number of rotatable bonds is 3. The molecule has 29 heavy (non-hydrogen) atoms. The van der Waals surface area contributed by atoms with Crippen molar-refractivity contribution in [3.63, 3.8) is 0 Å². The quantitative estimate of drug-likeness (QED) is 0.802. The van der Waals surface area contributed by atoms with Gasteiger partial charge >= 0.3 is 0 Å². The molecule has 3 heterocycles. The van der Waals surface area contributed by atoms with E-state index in [2.05, 4.69) is 65.5 Å². The second-order valence-corrected chi connectivity index (χ2v) is 9.66. The third kappa shape index (κ3) is 2.77. The van der Waals surface area contributed by atoms with Crippen molar-refractivity contribution in [2.75, 3.05) is 18.0 Å². The van der Waals surface area contributed by atoms with Crippen molar-refractivity contribution >= 4 is 11.5 Å². The fraction of sp³-hybridized carbons (Fsp3) is 0.542. The van der Waals surface area contributed by atoms with E-state index < -0.39 is 5.41 Å². The summed E-state index contributed by atoms with van der Waals surface area (Å²) >= 11 is 0. The van der Waals surface area contributed by atoms with Crippen LogP contribution < -0.4 is 10.2 Å². The van der Waals surface area contributed by atoms with Crippen LogP contribution >= 0.6 is 0 Å². The number of hydrogen-bond donors (Lipinski definition) is 1. The molecule has 0 spiro atoms. The van der Waals surface area contributed by atoms with Crippen LogP contribution in [0.2, 0.25) is 0 Å². The summed E-state index contributed by atoms with van der Waals surface area (Å²) in [5, 5.41) is 12.3. The van der Waals surface area contributed by atoms with Gasteiger partial charge in [0.15, 0.2) is 11.9 Å². The van der Waals surface area contributed by atoms with Gasteiger partial charge in [0.1, 0.15) is 0 Å². The molecule has 1 aliphatic carbocycles. The van der Waals surface area contributed by atoms with Crippen molar-refractivity contribution in [2.24, 2.45) is 15.6 Å². The number of carbonyl (C=O) groups is 1. The number of fused-ring (bicyclic) bond motifs is 1. The smallest absolute Gasteiger partial charge is 0.164 e. The fourth-order valence-electron chi connectivity index (χ4n) is 5.83. The molecule has 2 atom stereocenters. The van der Waals surface area contributed by atoms with E-state index in [1.165, 1.54) is 24.1 Å². The highest BCUT2D eigenvalue weighted by Gasteiger charge is 2.53. The lowest BCUT2D eigenvalue weighted by atomic mass is 9.59. The Kier molecular flexibility index (Phi) is 4.19. The molecule has 5 rings (SSSR count). The van der Waals surface area contributed by atoms with Crippen LogP contribution in [0.3, 0.4) is 0 Å². The number of allylic oxidation sites excluding steroid dienone is 2. The molecule has 1 saturated heterocycles. The van der Waals surface area contributed by atoms with Crippen molar-refractivity contribution in [1.29, 1.82) is 0 Å². The van der Waals surface area contributed by atoms with E-state index in [1.807, 2.05) is 6.20 Å². The Hall–Kier alpha value is -2.43. The highest BCUT2D eigenvalue weighted by Crippen LogP contribution is 2.54. The van der Waals surface area contributed by atoms with Crippen molar-refractivity contribution in [1.82, 2.24) is 5.32 Å². The van der Waals surface area contributed by atoms with Gasteiger partial charge in [-0.1, -0.05) is 32.9 Å². The van der Waals surface area contributed by atoms with Crippen molar-refractivity contribution in [2.45, 2.75) is 64.5 Å². The first kappa shape index (κ1) is 18.6. The fourth-order valence-corrected chi connectivity index (χ4v) is 5.83. The summed E-state index contributed by atoms with van der Waals surface area (Å²) in [6.07, 6.45) is 6.53. The lowest BCUT2D eigenvalue weighted by Gasteiger charge is -2.48. The van der Waals surface area contributed by atoms with Crippen molar-refractivity contribution in [3.8, 4) is 0 Å². The van der Waals surface area contributed by atoms with E-state index in [0.29, 0.717) is 6.42 Å². The van der Waals surface area contributed by atoms with Crippen LogP contribution in [0.5, 0.6) is 0 Å². The number of ketones is 1. The normalized spacial score (nSPS) is 30.2. The summed E-state index contributed by atoms with van der Waals surface area (Å²) < 4.78 is 0. The topological polar surface area (TPSA) is 57.1 Å². The van der Waals surface area contributed by atoms with Crippen LogP contribution in [0.15, 0.2) is 57.5 Å². The second-order valence-electron chi connectivity index (χ2n) is 9.66. The average molecular weight is 391 g/mol. The summed E-state index contributed by atoms with van der Waals surface area (Å²) in [4.78, 5) is 16.0. The van der Waals surface area contributed by atoms with Gasteiger partial charge in [-0.25, -0.2) is 0 Å². The highest BCUT2D eigenvalue weighted by atomic mass is 16.1. The molecular weight excluding hydrogens is 360 g/mol. The molecule has 152 valence electrons. The zero-order valence-corrected chi connectivity index (χ0v) is 17.7. The molecule has 5 nitrogen and oxygen atoms in total.